The van der Waals surface area contributed by atoms with Gasteiger partial charge in [0.25, 0.3) is 0 Å². The third kappa shape index (κ3) is 2.45. The van der Waals surface area contributed by atoms with Gasteiger partial charge in [-0.25, -0.2) is 0 Å². The number of ketones is 1. The quantitative estimate of drug-likeness (QED) is 0.916. The molecule has 0 radical (unpaired) electrons. The normalized spacial score (nSPS) is 32.6. The second-order valence-electron chi connectivity index (χ2n) is 6.25. The molecule has 0 saturated heterocycles. The summed E-state index contributed by atoms with van der Waals surface area (Å²) in [6.07, 6.45) is 5.75. The van der Waals surface area contributed by atoms with E-state index in [1.165, 1.54) is 5.56 Å². The zero-order valence-electron chi connectivity index (χ0n) is 12.0. The summed E-state index contributed by atoms with van der Waals surface area (Å²) in [5.41, 5.74) is 2.16. The van der Waals surface area contributed by atoms with Crippen molar-refractivity contribution in [2.75, 3.05) is 0 Å². The standard InChI is InChI=1S/C18H22O2/c1-12(19)16-9-5-8-14-11-15(18(20)17(14)16)10-13-6-3-2-4-7-13/h2-4,6-7,9,14-15,17-18,20H,5,8,10-11H2,1H3/t14?,15-,17?,18?/m1/s1. The summed E-state index contributed by atoms with van der Waals surface area (Å²) in [4.78, 5) is 11.8. The van der Waals surface area contributed by atoms with Crippen molar-refractivity contribution in [3.63, 3.8) is 0 Å². The number of allylic oxidation sites excluding steroid dienone is 1. The minimum Gasteiger partial charge on any atom is -0.392 e. The Hall–Kier alpha value is -1.41. The molecule has 2 aliphatic rings. The third-order valence-corrected chi connectivity index (χ3v) is 4.97. The molecular formula is C18H22O2. The molecule has 1 saturated carbocycles. The minimum absolute atomic E-state index is 0.0787. The Morgan fingerprint density at radius 2 is 2.05 bits per heavy atom. The SMILES string of the molecule is CC(=O)C1=CCCC2C[C@@H](Cc3ccccc3)C(O)C12. The van der Waals surface area contributed by atoms with E-state index in [0.717, 1.165) is 31.3 Å². The number of rotatable bonds is 3. The number of hydrogen-bond acceptors (Lipinski definition) is 2. The van der Waals surface area contributed by atoms with Crippen molar-refractivity contribution in [2.45, 2.75) is 38.7 Å². The van der Waals surface area contributed by atoms with Crippen LogP contribution in [-0.4, -0.2) is 17.0 Å². The van der Waals surface area contributed by atoms with E-state index >= 15 is 0 Å². The first-order chi connectivity index (χ1) is 9.66. The fraction of sp³-hybridized carbons (Fsp3) is 0.500. The first-order valence-electron chi connectivity index (χ1n) is 7.60. The topological polar surface area (TPSA) is 37.3 Å². The predicted octanol–water partition coefficient (Wildman–Crippen LogP) is 3.15. The largest absolute Gasteiger partial charge is 0.392 e. The minimum atomic E-state index is -0.365. The van der Waals surface area contributed by atoms with Gasteiger partial charge in [0, 0.05) is 5.92 Å². The van der Waals surface area contributed by atoms with Gasteiger partial charge in [-0.1, -0.05) is 36.4 Å². The van der Waals surface area contributed by atoms with Gasteiger partial charge in [-0.15, -0.1) is 0 Å². The fourth-order valence-electron chi connectivity index (χ4n) is 4.07. The molecule has 2 heteroatoms. The number of carbonyl (C=O) groups excluding carboxylic acids is 1. The molecule has 0 amide bonds. The van der Waals surface area contributed by atoms with Crippen LogP contribution in [0.4, 0.5) is 0 Å². The monoisotopic (exact) mass is 270 g/mol. The molecule has 4 atom stereocenters. The fourth-order valence-corrected chi connectivity index (χ4v) is 4.07. The molecule has 1 aromatic rings. The maximum Gasteiger partial charge on any atom is 0.155 e. The number of benzene rings is 1. The third-order valence-electron chi connectivity index (χ3n) is 4.97. The number of carbonyl (C=O) groups is 1. The van der Waals surface area contributed by atoms with Crippen molar-refractivity contribution in [1.82, 2.24) is 0 Å². The van der Waals surface area contributed by atoms with Crippen LogP contribution in [0.1, 0.15) is 31.7 Å². The van der Waals surface area contributed by atoms with E-state index in [-0.39, 0.29) is 23.7 Å². The first kappa shape index (κ1) is 13.6. The van der Waals surface area contributed by atoms with Gasteiger partial charge in [0.05, 0.1) is 6.10 Å². The molecule has 0 aliphatic heterocycles. The van der Waals surface area contributed by atoms with Crippen LogP contribution < -0.4 is 0 Å². The number of aliphatic hydroxyl groups excluding tert-OH is 1. The zero-order chi connectivity index (χ0) is 14.1. The lowest BCUT2D eigenvalue weighted by Crippen LogP contribution is -2.29. The first-order valence-corrected chi connectivity index (χ1v) is 7.60. The van der Waals surface area contributed by atoms with Crippen molar-refractivity contribution in [3.8, 4) is 0 Å². The number of hydrogen-bond donors (Lipinski definition) is 1. The van der Waals surface area contributed by atoms with Crippen molar-refractivity contribution < 1.29 is 9.90 Å². The maximum atomic E-state index is 11.8. The van der Waals surface area contributed by atoms with Gasteiger partial charge in [0.2, 0.25) is 0 Å². The van der Waals surface area contributed by atoms with E-state index in [0.29, 0.717) is 5.92 Å². The maximum absolute atomic E-state index is 11.8. The van der Waals surface area contributed by atoms with Gasteiger partial charge in [-0.3, -0.25) is 4.79 Å². The van der Waals surface area contributed by atoms with Gasteiger partial charge >= 0.3 is 0 Å². The number of aliphatic hydroxyl groups is 1. The Balaban J connectivity index is 1.78. The van der Waals surface area contributed by atoms with Crippen LogP contribution in [-0.2, 0) is 11.2 Å². The van der Waals surface area contributed by atoms with E-state index < -0.39 is 0 Å². The van der Waals surface area contributed by atoms with Crippen LogP contribution >= 0.6 is 0 Å². The molecule has 0 aromatic heterocycles. The van der Waals surface area contributed by atoms with Gasteiger partial charge in [0.15, 0.2) is 5.78 Å². The lowest BCUT2D eigenvalue weighted by molar-refractivity contribution is -0.114. The summed E-state index contributed by atoms with van der Waals surface area (Å²) < 4.78 is 0. The average molecular weight is 270 g/mol. The molecular weight excluding hydrogens is 248 g/mol. The van der Waals surface area contributed by atoms with Crippen molar-refractivity contribution in [2.24, 2.45) is 17.8 Å². The van der Waals surface area contributed by atoms with Gasteiger partial charge in [0.1, 0.15) is 0 Å². The van der Waals surface area contributed by atoms with Crippen molar-refractivity contribution >= 4 is 5.78 Å². The Labute approximate surface area is 120 Å². The van der Waals surface area contributed by atoms with Crippen LogP contribution in [0.3, 0.4) is 0 Å². The molecule has 3 rings (SSSR count). The summed E-state index contributed by atoms with van der Waals surface area (Å²) in [6.45, 7) is 1.63. The Bertz CT molecular complexity index is 517. The Morgan fingerprint density at radius 3 is 2.75 bits per heavy atom. The van der Waals surface area contributed by atoms with Crippen LogP contribution in [0.2, 0.25) is 0 Å². The van der Waals surface area contributed by atoms with Crippen LogP contribution in [0.25, 0.3) is 0 Å². The molecule has 0 bridgehead atoms. The molecule has 2 aliphatic carbocycles. The summed E-state index contributed by atoms with van der Waals surface area (Å²) in [7, 11) is 0. The highest BCUT2D eigenvalue weighted by Gasteiger charge is 2.45. The average Bonchev–Trinajstić information content (AvgIpc) is 2.77. The molecule has 3 unspecified atom stereocenters. The number of fused-ring (bicyclic) bond motifs is 1. The molecule has 1 N–H and O–H groups in total. The summed E-state index contributed by atoms with van der Waals surface area (Å²) in [5.74, 6) is 0.991. The lowest BCUT2D eigenvalue weighted by Gasteiger charge is -2.27. The second-order valence-corrected chi connectivity index (χ2v) is 6.25. The molecule has 0 heterocycles. The van der Waals surface area contributed by atoms with Crippen molar-refractivity contribution in [3.05, 3.63) is 47.5 Å². The van der Waals surface area contributed by atoms with Gasteiger partial charge in [-0.2, -0.15) is 0 Å². The van der Waals surface area contributed by atoms with E-state index in [2.05, 4.69) is 18.2 Å². The Morgan fingerprint density at radius 1 is 1.30 bits per heavy atom. The number of Topliss-reactive ketones (excluding diaryl/α,β-unsaturated/α-hetero) is 1. The van der Waals surface area contributed by atoms with Gasteiger partial charge < -0.3 is 5.11 Å². The highest BCUT2D eigenvalue weighted by Crippen LogP contribution is 2.47. The van der Waals surface area contributed by atoms with E-state index in [4.69, 9.17) is 0 Å². The summed E-state index contributed by atoms with van der Waals surface area (Å²) in [6, 6.07) is 10.4. The highest BCUT2D eigenvalue weighted by molar-refractivity contribution is 5.94. The van der Waals surface area contributed by atoms with Gasteiger partial charge in [-0.05, 0) is 55.6 Å². The molecule has 1 aromatic carbocycles. The summed E-state index contributed by atoms with van der Waals surface area (Å²) in [5, 5.41) is 10.7. The van der Waals surface area contributed by atoms with E-state index in [1.54, 1.807) is 6.92 Å². The zero-order valence-corrected chi connectivity index (χ0v) is 12.0. The molecule has 0 spiro atoms. The second kappa shape index (κ2) is 5.53. The molecule has 2 nitrogen and oxygen atoms in total. The smallest absolute Gasteiger partial charge is 0.155 e. The highest BCUT2D eigenvalue weighted by atomic mass is 16.3. The van der Waals surface area contributed by atoms with Crippen molar-refractivity contribution in [1.29, 1.82) is 0 Å². The summed E-state index contributed by atoms with van der Waals surface area (Å²) >= 11 is 0. The molecule has 20 heavy (non-hydrogen) atoms. The molecule has 106 valence electrons. The van der Waals surface area contributed by atoms with E-state index in [9.17, 15) is 9.90 Å². The van der Waals surface area contributed by atoms with Crippen LogP contribution in [0.15, 0.2) is 42.0 Å². The van der Waals surface area contributed by atoms with Crippen LogP contribution in [0.5, 0.6) is 0 Å². The predicted molar refractivity (Wildman–Crippen MR) is 79.2 cm³/mol. The van der Waals surface area contributed by atoms with E-state index in [1.807, 2.05) is 18.2 Å². The molecule has 1 fully saturated rings. The lowest BCUT2D eigenvalue weighted by atomic mass is 9.78. The van der Waals surface area contributed by atoms with Crippen LogP contribution in [0, 0.1) is 17.8 Å². The Kier molecular flexibility index (Phi) is 3.75.